The standard InChI is InChI=1S/C48H29NO3/c1-3-12-31(13-4-1)49(32-14-5-2-6-15-32)33-25-27-41-39(29-33)46-37(18-10-21-42(46)50-41)38-19-11-23-44-48(38)47-34(17-9-22-43(47)52-44)30-24-26-36-35-16-7-8-20-40(35)51-45(36)28-30/h1-29H. The van der Waals surface area contributed by atoms with Crippen LogP contribution in [0, 0.1) is 0 Å². The lowest BCUT2D eigenvalue weighted by atomic mass is 9.92. The molecule has 0 aliphatic heterocycles. The first-order valence-electron chi connectivity index (χ1n) is 17.5. The van der Waals surface area contributed by atoms with E-state index < -0.39 is 0 Å². The Morgan fingerprint density at radius 3 is 1.54 bits per heavy atom. The van der Waals surface area contributed by atoms with Crippen LogP contribution in [0.3, 0.4) is 0 Å². The number of fused-ring (bicyclic) bond motifs is 9. The molecule has 0 saturated carbocycles. The Balaban J connectivity index is 1.14. The number of hydrogen-bond acceptors (Lipinski definition) is 4. The van der Waals surface area contributed by atoms with Gasteiger partial charge in [0.2, 0.25) is 0 Å². The third kappa shape index (κ3) is 4.34. The van der Waals surface area contributed by atoms with Crippen molar-refractivity contribution >= 4 is 82.9 Å². The highest BCUT2D eigenvalue weighted by atomic mass is 16.3. The fraction of sp³-hybridized carbons (Fsp3) is 0. The summed E-state index contributed by atoms with van der Waals surface area (Å²) in [6.45, 7) is 0. The van der Waals surface area contributed by atoms with E-state index in [1.807, 2.05) is 12.1 Å². The number of anilines is 3. The Bertz CT molecular complexity index is 3090. The summed E-state index contributed by atoms with van der Waals surface area (Å²) in [6.07, 6.45) is 0. The molecular formula is C48H29NO3. The lowest BCUT2D eigenvalue weighted by Gasteiger charge is -2.25. The van der Waals surface area contributed by atoms with Crippen LogP contribution in [0.2, 0.25) is 0 Å². The molecule has 244 valence electrons. The van der Waals surface area contributed by atoms with Crippen LogP contribution in [0.4, 0.5) is 17.1 Å². The van der Waals surface area contributed by atoms with Crippen LogP contribution >= 0.6 is 0 Å². The normalized spacial score (nSPS) is 11.8. The van der Waals surface area contributed by atoms with E-state index in [-0.39, 0.29) is 0 Å². The topological polar surface area (TPSA) is 42.7 Å². The highest BCUT2D eigenvalue weighted by molar-refractivity contribution is 6.22. The number of rotatable bonds is 5. The predicted molar refractivity (Wildman–Crippen MR) is 214 cm³/mol. The lowest BCUT2D eigenvalue weighted by Crippen LogP contribution is -2.09. The van der Waals surface area contributed by atoms with Gasteiger partial charge in [0.25, 0.3) is 0 Å². The summed E-state index contributed by atoms with van der Waals surface area (Å²) >= 11 is 0. The maximum absolute atomic E-state index is 6.59. The molecule has 0 bridgehead atoms. The second kappa shape index (κ2) is 11.2. The Labute approximate surface area is 298 Å². The van der Waals surface area contributed by atoms with Crippen molar-refractivity contribution in [2.75, 3.05) is 4.90 Å². The van der Waals surface area contributed by atoms with Crippen molar-refractivity contribution in [3.8, 4) is 22.3 Å². The monoisotopic (exact) mass is 667 g/mol. The number of para-hydroxylation sites is 3. The molecule has 4 nitrogen and oxygen atoms in total. The smallest absolute Gasteiger partial charge is 0.136 e. The van der Waals surface area contributed by atoms with Crippen LogP contribution in [0.5, 0.6) is 0 Å². The van der Waals surface area contributed by atoms with Crippen LogP contribution in [0.25, 0.3) is 88.1 Å². The van der Waals surface area contributed by atoms with Crippen molar-refractivity contribution in [3.63, 3.8) is 0 Å². The molecule has 3 heterocycles. The summed E-state index contributed by atoms with van der Waals surface area (Å²) in [7, 11) is 0. The molecule has 0 atom stereocenters. The summed E-state index contributed by atoms with van der Waals surface area (Å²) in [4.78, 5) is 2.29. The van der Waals surface area contributed by atoms with Gasteiger partial charge < -0.3 is 18.2 Å². The maximum Gasteiger partial charge on any atom is 0.136 e. The first-order valence-corrected chi connectivity index (χ1v) is 17.5. The quantitative estimate of drug-likeness (QED) is 0.183. The lowest BCUT2D eigenvalue weighted by molar-refractivity contribution is 0.668. The van der Waals surface area contributed by atoms with Crippen molar-refractivity contribution in [1.29, 1.82) is 0 Å². The zero-order valence-electron chi connectivity index (χ0n) is 27.9. The van der Waals surface area contributed by atoms with Crippen LogP contribution in [0.1, 0.15) is 0 Å². The van der Waals surface area contributed by atoms with Gasteiger partial charge in [-0.1, -0.05) is 97.1 Å². The van der Waals surface area contributed by atoms with E-state index in [1.165, 1.54) is 0 Å². The van der Waals surface area contributed by atoms with Gasteiger partial charge in [0.1, 0.15) is 33.5 Å². The summed E-state index contributed by atoms with van der Waals surface area (Å²) in [5.41, 5.74) is 12.7. The molecule has 0 unspecified atom stereocenters. The van der Waals surface area contributed by atoms with Crippen LogP contribution < -0.4 is 4.90 Å². The van der Waals surface area contributed by atoms with Crippen LogP contribution in [-0.4, -0.2) is 0 Å². The van der Waals surface area contributed by atoms with Crippen molar-refractivity contribution in [2.45, 2.75) is 0 Å². The highest BCUT2D eigenvalue weighted by Gasteiger charge is 2.21. The fourth-order valence-corrected chi connectivity index (χ4v) is 8.00. The number of nitrogens with zero attached hydrogens (tertiary/aromatic N) is 1. The SMILES string of the molecule is c1ccc(N(c2ccccc2)c2ccc3oc4cccc(-c5cccc6oc7cccc(-c8ccc9c(c8)oc8ccccc89)c7c56)c4c3c2)cc1. The molecule has 52 heavy (non-hydrogen) atoms. The Hall–Kier alpha value is -7.04. The molecule has 0 aliphatic rings. The fourth-order valence-electron chi connectivity index (χ4n) is 8.00. The zero-order chi connectivity index (χ0) is 34.2. The van der Waals surface area contributed by atoms with E-state index >= 15 is 0 Å². The van der Waals surface area contributed by atoms with Crippen molar-refractivity contribution in [3.05, 3.63) is 176 Å². The summed E-state index contributed by atoms with van der Waals surface area (Å²) < 4.78 is 19.5. The van der Waals surface area contributed by atoms with E-state index in [0.717, 1.165) is 105 Å². The van der Waals surface area contributed by atoms with E-state index in [9.17, 15) is 0 Å². The van der Waals surface area contributed by atoms with Gasteiger partial charge in [-0.2, -0.15) is 0 Å². The number of hydrogen-bond donors (Lipinski definition) is 0. The van der Waals surface area contributed by atoms with E-state index in [0.29, 0.717) is 0 Å². The largest absolute Gasteiger partial charge is 0.456 e. The van der Waals surface area contributed by atoms with Gasteiger partial charge in [-0.15, -0.1) is 0 Å². The molecule has 0 spiro atoms. The minimum Gasteiger partial charge on any atom is -0.456 e. The first-order chi connectivity index (χ1) is 25.8. The predicted octanol–water partition coefficient (Wildman–Crippen LogP) is 14.2. The Morgan fingerprint density at radius 2 is 0.808 bits per heavy atom. The molecule has 0 aliphatic carbocycles. The zero-order valence-corrected chi connectivity index (χ0v) is 27.9. The van der Waals surface area contributed by atoms with Crippen molar-refractivity contribution < 1.29 is 13.3 Å². The highest BCUT2D eigenvalue weighted by Crippen LogP contribution is 2.46. The van der Waals surface area contributed by atoms with Crippen molar-refractivity contribution in [1.82, 2.24) is 0 Å². The van der Waals surface area contributed by atoms with Gasteiger partial charge in [0.05, 0.1) is 0 Å². The molecule has 4 heteroatoms. The summed E-state index contributed by atoms with van der Waals surface area (Å²) in [6, 6.07) is 61.2. The number of furan rings is 3. The first kappa shape index (κ1) is 28.8. The minimum atomic E-state index is 0.842. The van der Waals surface area contributed by atoms with Gasteiger partial charge in [-0.05, 0) is 101 Å². The molecule has 8 aromatic carbocycles. The molecule has 11 rings (SSSR count). The van der Waals surface area contributed by atoms with E-state index in [4.69, 9.17) is 13.3 Å². The Kier molecular flexibility index (Phi) is 6.22. The number of benzene rings is 8. The molecular weight excluding hydrogens is 639 g/mol. The molecule has 0 radical (unpaired) electrons. The molecule has 0 saturated heterocycles. The molecule has 0 amide bonds. The van der Waals surface area contributed by atoms with Crippen LogP contribution in [0.15, 0.2) is 189 Å². The van der Waals surface area contributed by atoms with E-state index in [2.05, 4.69) is 169 Å². The average Bonchev–Trinajstić information content (AvgIpc) is 3.89. The average molecular weight is 668 g/mol. The Morgan fingerprint density at radius 1 is 0.288 bits per heavy atom. The summed E-state index contributed by atoms with van der Waals surface area (Å²) in [5, 5.41) is 6.51. The van der Waals surface area contributed by atoms with Gasteiger partial charge >= 0.3 is 0 Å². The minimum absolute atomic E-state index is 0.842. The van der Waals surface area contributed by atoms with Gasteiger partial charge in [0, 0.05) is 49.4 Å². The molecule has 11 aromatic rings. The van der Waals surface area contributed by atoms with Crippen molar-refractivity contribution in [2.24, 2.45) is 0 Å². The van der Waals surface area contributed by atoms with Gasteiger partial charge in [-0.3, -0.25) is 0 Å². The van der Waals surface area contributed by atoms with E-state index in [1.54, 1.807) is 0 Å². The van der Waals surface area contributed by atoms with Crippen LogP contribution in [-0.2, 0) is 0 Å². The maximum atomic E-state index is 6.59. The van der Waals surface area contributed by atoms with Gasteiger partial charge in [0.15, 0.2) is 0 Å². The molecule has 3 aromatic heterocycles. The van der Waals surface area contributed by atoms with Gasteiger partial charge in [-0.25, -0.2) is 0 Å². The summed E-state index contributed by atoms with van der Waals surface area (Å²) in [5.74, 6) is 0. The molecule has 0 fully saturated rings. The third-order valence-corrected chi connectivity index (χ3v) is 10.3. The molecule has 0 N–H and O–H groups in total. The third-order valence-electron chi connectivity index (χ3n) is 10.3. The second-order valence-corrected chi connectivity index (χ2v) is 13.2. The second-order valence-electron chi connectivity index (χ2n) is 13.2.